The molecule has 0 spiro atoms. The number of rotatable bonds is 9. The molecule has 0 unspecified atom stereocenters. The molecule has 10 nitrogen and oxygen atoms in total. The number of pyridine rings is 2. The average molecular weight is 467 g/mol. The zero-order valence-corrected chi connectivity index (χ0v) is 20.1. The number of anilines is 3. The number of piperazine rings is 1. The number of β-amino-alcohol motifs (C(OH)–C–C–N with tert-alkyl or cyclic N) is 1. The summed E-state index contributed by atoms with van der Waals surface area (Å²) >= 11 is 0. The molecule has 10 heteroatoms. The van der Waals surface area contributed by atoms with Gasteiger partial charge in [0.05, 0.1) is 18.4 Å². The van der Waals surface area contributed by atoms with Gasteiger partial charge in [-0.2, -0.15) is 0 Å². The van der Waals surface area contributed by atoms with Crippen LogP contribution in [0.3, 0.4) is 0 Å². The van der Waals surface area contributed by atoms with Gasteiger partial charge in [-0.05, 0) is 38.5 Å². The molecule has 4 N–H and O–H groups in total. The van der Waals surface area contributed by atoms with Crippen LogP contribution in [0.15, 0.2) is 30.6 Å². The first-order chi connectivity index (χ1) is 16.4. The van der Waals surface area contributed by atoms with Crippen LogP contribution in [0, 0.1) is 0 Å². The van der Waals surface area contributed by atoms with E-state index in [0.29, 0.717) is 28.8 Å². The van der Waals surface area contributed by atoms with Crippen molar-refractivity contribution in [2.45, 2.75) is 39.5 Å². The maximum Gasteiger partial charge on any atom is 0.229 e. The van der Waals surface area contributed by atoms with E-state index in [1.165, 1.54) is 0 Å². The highest BCUT2D eigenvalue weighted by molar-refractivity contribution is 5.89. The second-order valence-electron chi connectivity index (χ2n) is 9.02. The smallest absolute Gasteiger partial charge is 0.229 e. The lowest BCUT2D eigenvalue weighted by molar-refractivity contribution is 0.108. The topological polar surface area (TPSA) is 123 Å². The minimum absolute atomic E-state index is 0.165. The Hall–Kier alpha value is -2.92. The molecule has 0 aliphatic carbocycles. The molecule has 34 heavy (non-hydrogen) atoms. The Labute approximate surface area is 200 Å². The zero-order valence-electron chi connectivity index (χ0n) is 20.1. The maximum atomic E-state index is 9.98. The van der Waals surface area contributed by atoms with Crippen molar-refractivity contribution in [1.29, 1.82) is 0 Å². The van der Waals surface area contributed by atoms with Gasteiger partial charge < -0.3 is 20.8 Å². The monoisotopic (exact) mass is 466 g/mol. The molecule has 0 bridgehead atoms. The zero-order chi connectivity index (χ0) is 24.1. The first-order valence-electron chi connectivity index (χ1n) is 11.8. The summed E-state index contributed by atoms with van der Waals surface area (Å²) < 4.78 is 0. The molecule has 0 radical (unpaired) electrons. The number of aliphatic hydroxyl groups is 2. The third-order valence-corrected chi connectivity index (χ3v) is 5.79. The van der Waals surface area contributed by atoms with Crippen molar-refractivity contribution in [3.05, 3.63) is 41.9 Å². The second kappa shape index (κ2) is 11.0. The molecule has 3 aromatic rings. The predicted molar refractivity (Wildman–Crippen MR) is 133 cm³/mol. The van der Waals surface area contributed by atoms with E-state index in [2.05, 4.69) is 46.4 Å². The molecule has 0 amide bonds. The molecular weight excluding hydrogens is 432 g/mol. The fraction of sp³-hybridized carbons (Fsp3) is 0.500. The molecule has 1 saturated heterocycles. The first kappa shape index (κ1) is 24.2. The van der Waals surface area contributed by atoms with Crippen molar-refractivity contribution >= 4 is 28.5 Å². The van der Waals surface area contributed by atoms with Crippen LogP contribution in [-0.2, 0) is 6.54 Å². The third kappa shape index (κ3) is 6.15. The lowest BCUT2D eigenvalue weighted by Crippen LogP contribution is -2.46. The van der Waals surface area contributed by atoms with Gasteiger partial charge in [0.2, 0.25) is 5.95 Å². The van der Waals surface area contributed by atoms with E-state index >= 15 is 0 Å². The van der Waals surface area contributed by atoms with Crippen LogP contribution in [-0.4, -0.2) is 85.3 Å². The van der Waals surface area contributed by atoms with Crippen LogP contribution >= 0.6 is 0 Å². The summed E-state index contributed by atoms with van der Waals surface area (Å²) in [5.74, 6) is 1.73. The van der Waals surface area contributed by atoms with Crippen LogP contribution < -0.4 is 10.6 Å². The third-order valence-electron chi connectivity index (χ3n) is 5.79. The molecule has 182 valence electrons. The van der Waals surface area contributed by atoms with Gasteiger partial charge in [-0.25, -0.2) is 19.9 Å². The van der Waals surface area contributed by atoms with Crippen molar-refractivity contribution in [2.24, 2.45) is 0 Å². The highest BCUT2D eigenvalue weighted by Crippen LogP contribution is 2.25. The molecule has 4 rings (SSSR count). The van der Waals surface area contributed by atoms with Crippen molar-refractivity contribution in [2.75, 3.05) is 50.0 Å². The summed E-state index contributed by atoms with van der Waals surface area (Å²) in [6.45, 7) is 11.5. The van der Waals surface area contributed by atoms with Gasteiger partial charge in [-0.3, -0.25) is 9.80 Å². The van der Waals surface area contributed by atoms with Gasteiger partial charge in [-0.15, -0.1) is 0 Å². The second-order valence-corrected chi connectivity index (χ2v) is 9.02. The van der Waals surface area contributed by atoms with Gasteiger partial charge >= 0.3 is 0 Å². The number of aromatic nitrogens is 4. The quantitative estimate of drug-likeness (QED) is 0.373. The van der Waals surface area contributed by atoms with Crippen LogP contribution in [0.5, 0.6) is 0 Å². The molecule has 4 heterocycles. The SMILES string of the molecule is CC(C)Nc1nc([C@@H](C)O)cc2cnc(Nc3ccc(CN4CCN(CCO)CC4)cn3)nc12. The minimum Gasteiger partial charge on any atom is -0.395 e. The van der Waals surface area contributed by atoms with Crippen molar-refractivity contribution in [3.8, 4) is 0 Å². The van der Waals surface area contributed by atoms with Crippen molar-refractivity contribution < 1.29 is 10.2 Å². The van der Waals surface area contributed by atoms with E-state index in [1.54, 1.807) is 13.1 Å². The number of hydrogen-bond donors (Lipinski definition) is 4. The highest BCUT2D eigenvalue weighted by atomic mass is 16.3. The van der Waals surface area contributed by atoms with Crippen molar-refractivity contribution in [3.63, 3.8) is 0 Å². The predicted octanol–water partition coefficient (Wildman–Crippen LogP) is 2.15. The number of hydrogen-bond acceptors (Lipinski definition) is 10. The first-order valence-corrected chi connectivity index (χ1v) is 11.8. The summed E-state index contributed by atoms with van der Waals surface area (Å²) in [5.41, 5.74) is 2.42. The summed E-state index contributed by atoms with van der Waals surface area (Å²) in [7, 11) is 0. The summed E-state index contributed by atoms with van der Waals surface area (Å²) in [4.78, 5) is 22.9. The van der Waals surface area contributed by atoms with E-state index < -0.39 is 6.10 Å². The highest BCUT2D eigenvalue weighted by Gasteiger charge is 2.17. The minimum atomic E-state index is -0.679. The van der Waals surface area contributed by atoms with Crippen LogP contribution in [0.1, 0.15) is 38.1 Å². The van der Waals surface area contributed by atoms with Crippen LogP contribution in [0.4, 0.5) is 17.6 Å². The van der Waals surface area contributed by atoms with E-state index in [9.17, 15) is 5.11 Å². The normalized spacial score (nSPS) is 16.2. The van der Waals surface area contributed by atoms with E-state index in [4.69, 9.17) is 5.11 Å². The number of nitrogens with one attached hydrogen (secondary N) is 2. The number of aliphatic hydroxyl groups excluding tert-OH is 2. The van der Waals surface area contributed by atoms with E-state index in [-0.39, 0.29) is 12.6 Å². The Morgan fingerprint density at radius 2 is 1.76 bits per heavy atom. The average Bonchev–Trinajstić information content (AvgIpc) is 2.81. The Balaban J connectivity index is 1.44. The Kier molecular flexibility index (Phi) is 7.84. The van der Waals surface area contributed by atoms with Crippen molar-refractivity contribution in [1.82, 2.24) is 29.7 Å². The van der Waals surface area contributed by atoms with Gasteiger partial charge in [0.25, 0.3) is 0 Å². The van der Waals surface area contributed by atoms with Gasteiger partial charge in [0, 0.05) is 63.1 Å². The maximum absolute atomic E-state index is 9.98. The molecular formula is C24H34N8O2. The van der Waals surface area contributed by atoms with Crippen LogP contribution in [0.25, 0.3) is 10.9 Å². The molecule has 1 aliphatic heterocycles. The molecule has 1 fully saturated rings. The van der Waals surface area contributed by atoms with Gasteiger partial charge in [0.15, 0.2) is 5.82 Å². The lowest BCUT2D eigenvalue weighted by atomic mass is 10.2. The van der Waals surface area contributed by atoms with E-state index in [1.807, 2.05) is 32.2 Å². The summed E-state index contributed by atoms with van der Waals surface area (Å²) in [6.07, 6.45) is 2.93. The Bertz CT molecular complexity index is 1080. The standard InChI is InChI=1S/C24H34N8O2/c1-16(2)27-23-22-19(12-20(28-23)17(3)34)14-26-24(30-22)29-21-5-4-18(13-25-21)15-32-8-6-31(7-9-32)10-11-33/h4-5,12-14,16-17,33-34H,6-11,15H2,1-3H3,(H,27,28)(H,25,26,29,30)/t17-/m1/s1. The fourth-order valence-electron chi connectivity index (χ4n) is 3.99. The summed E-state index contributed by atoms with van der Waals surface area (Å²) in [5, 5.41) is 26.4. The van der Waals surface area contributed by atoms with E-state index in [0.717, 1.165) is 50.2 Å². The molecule has 1 atom stereocenters. The largest absolute Gasteiger partial charge is 0.395 e. The fourth-order valence-corrected chi connectivity index (χ4v) is 3.99. The number of nitrogens with zero attached hydrogens (tertiary/aromatic N) is 6. The molecule has 0 saturated carbocycles. The molecule has 0 aromatic carbocycles. The lowest BCUT2D eigenvalue weighted by Gasteiger charge is -2.34. The Morgan fingerprint density at radius 1 is 1.00 bits per heavy atom. The van der Waals surface area contributed by atoms with Gasteiger partial charge in [0.1, 0.15) is 11.3 Å². The summed E-state index contributed by atoms with van der Waals surface area (Å²) in [6, 6.07) is 5.98. The van der Waals surface area contributed by atoms with Gasteiger partial charge in [-0.1, -0.05) is 6.07 Å². The number of fused-ring (bicyclic) bond motifs is 1. The van der Waals surface area contributed by atoms with Crippen LogP contribution in [0.2, 0.25) is 0 Å². The Morgan fingerprint density at radius 3 is 2.41 bits per heavy atom. The molecule has 1 aliphatic rings. The molecule has 3 aromatic heterocycles.